The van der Waals surface area contributed by atoms with E-state index in [1.54, 1.807) is 0 Å². The Morgan fingerprint density at radius 3 is 2.80 bits per heavy atom. The van der Waals surface area contributed by atoms with Crippen molar-refractivity contribution in [2.75, 3.05) is 6.26 Å². The van der Waals surface area contributed by atoms with Crippen molar-refractivity contribution in [3.8, 4) is 5.19 Å². The minimum atomic E-state index is -3.44. The van der Waals surface area contributed by atoms with Gasteiger partial charge in [0.2, 0.25) is 0 Å². The molecule has 5 nitrogen and oxygen atoms in total. The van der Waals surface area contributed by atoms with Crippen molar-refractivity contribution >= 4 is 21.7 Å². The lowest BCUT2D eigenvalue weighted by atomic mass is 11.3. The summed E-state index contributed by atoms with van der Waals surface area (Å²) in [5, 5.41) is 0.0440. The Hall–Kier alpha value is -0.690. The smallest absolute Gasteiger partial charge is 0.310 e. The molecule has 0 saturated carbocycles. The van der Waals surface area contributed by atoms with Crippen LogP contribution in [0.25, 0.3) is 0 Å². The van der Waals surface area contributed by atoms with E-state index >= 15 is 0 Å². The first-order valence-electron chi connectivity index (χ1n) is 2.24. The average molecular weight is 180 g/mol. The van der Waals surface area contributed by atoms with Crippen molar-refractivity contribution < 1.29 is 12.6 Å². The van der Waals surface area contributed by atoms with E-state index in [-0.39, 0.29) is 5.19 Å². The molecule has 1 aromatic rings. The minimum Gasteiger partial charge on any atom is -0.350 e. The number of aromatic nitrogens is 2. The zero-order valence-corrected chi connectivity index (χ0v) is 6.65. The summed E-state index contributed by atoms with van der Waals surface area (Å²) in [6, 6.07) is 0. The zero-order valence-electron chi connectivity index (χ0n) is 5.01. The first kappa shape index (κ1) is 7.42. The Kier molecular flexibility index (Phi) is 1.86. The van der Waals surface area contributed by atoms with Crippen LogP contribution in [0.2, 0.25) is 0 Å². The van der Waals surface area contributed by atoms with E-state index in [1.807, 2.05) is 0 Å². The van der Waals surface area contributed by atoms with Crippen LogP contribution in [0.1, 0.15) is 0 Å². The standard InChI is InChI=1S/C3H4N2O3S2/c1-10(6,7)8-3-4-2-5-9-3/h2H,1H3. The zero-order chi connectivity index (χ0) is 7.61. The van der Waals surface area contributed by atoms with E-state index in [4.69, 9.17) is 0 Å². The molecule has 0 aliphatic rings. The molecular formula is C3H4N2O3S2. The van der Waals surface area contributed by atoms with E-state index in [2.05, 4.69) is 13.5 Å². The molecule has 1 rings (SSSR count). The van der Waals surface area contributed by atoms with Crippen LogP contribution < -0.4 is 4.18 Å². The van der Waals surface area contributed by atoms with Gasteiger partial charge in [0, 0.05) is 11.5 Å². The fourth-order valence-electron chi connectivity index (χ4n) is 0.329. The SMILES string of the molecule is CS(=O)(=O)Oc1ncns1. The highest BCUT2D eigenvalue weighted by molar-refractivity contribution is 7.86. The normalized spacial score (nSPS) is 11.3. The maximum atomic E-state index is 10.4. The molecule has 0 radical (unpaired) electrons. The first-order chi connectivity index (χ1) is 4.58. The topological polar surface area (TPSA) is 69.2 Å². The van der Waals surface area contributed by atoms with E-state index < -0.39 is 10.1 Å². The number of rotatable bonds is 2. The maximum absolute atomic E-state index is 10.4. The second-order valence-electron chi connectivity index (χ2n) is 1.49. The van der Waals surface area contributed by atoms with Gasteiger partial charge in [0.1, 0.15) is 6.33 Å². The van der Waals surface area contributed by atoms with Crippen LogP contribution in [0.5, 0.6) is 5.19 Å². The second kappa shape index (κ2) is 2.51. The predicted molar refractivity (Wildman–Crippen MR) is 35.4 cm³/mol. The quantitative estimate of drug-likeness (QED) is 0.593. The summed E-state index contributed by atoms with van der Waals surface area (Å²) >= 11 is 0.887. The van der Waals surface area contributed by atoms with Gasteiger partial charge in [-0.15, -0.1) is 0 Å². The van der Waals surface area contributed by atoms with Gasteiger partial charge in [-0.1, -0.05) is 0 Å². The molecule has 0 aromatic carbocycles. The summed E-state index contributed by atoms with van der Waals surface area (Å²) in [6.45, 7) is 0. The molecule has 7 heteroatoms. The van der Waals surface area contributed by atoms with E-state index in [1.165, 1.54) is 6.33 Å². The highest BCUT2D eigenvalue weighted by Gasteiger charge is 2.05. The third kappa shape index (κ3) is 2.28. The molecule has 0 fully saturated rings. The molecule has 0 bridgehead atoms. The molecule has 0 atom stereocenters. The first-order valence-corrected chi connectivity index (χ1v) is 4.83. The molecule has 0 saturated heterocycles. The van der Waals surface area contributed by atoms with Crippen LogP contribution in [0.3, 0.4) is 0 Å². The molecule has 1 heterocycles. The molecule has 10 heavy (non-hydrogen) atoms. The monoisotopic (exact) mass is 180 g/mol. The lowest BCUT2D eigenvalue weighted by Gasteiger charge is -1.93. The van der Waals surface area contributed by atoms with Gasteiger partial charge in [-0.25, -0.2) is 0 Å². The van der Waals surface area contributed by atoms with Gasteiger partial charge in [-0.3, -0.25) is 0 Å². The Morgan fingerprint density at radius 2 is 2.40 bits per heavy atom. The van der Waals surface area contributed by atoms with Crippen molar-refractivity contribution in [1.29, 1.82) is 0 Å². The largest absolute Gasteiger partial charge is 0.350 e. The van der Waals surface area contributed by atoms with Crippen LogP contribution in [-0.4, -0.2) is 24.0 Å². The Morgan fingerprint density at radius 1 is 1.70 bits per heavy atom. The van der Waals surface area contributed by atoms with Crippen LogP contribution in [0.15, 0.2) is 6.33 Å². The third-order valence-electron chi connectivity index (χ3n) is 0.564. The highest BCUT2D eigenvalue weighted by atomic mass is 32.2. The van der Waals surface area contributed by atoms with Gasteiger partial charge in [-0.2, -0.15) is 17.8 Å². The van der Waals surface area contributed by atoms with E-state index in [0.29, 0.717) is 0 Å². The summed E-state index contributed by atoms with van der Waals surface area (Å²) < 4.78 is 28.7. The van der Waals surface area contributed by atoms with Crippen LogP contribution in [0, 0.1) is 0 Å². The van der Waals surface area contributed by atoms with E-state index in [0.717, 1.165) is 17.8 Å². The van der Waals surface area contributed by atoms with Gasteiger partial charge in [0.15, 0.2) is 0 Å². The number of hydrogen-bond donors (Lipinski definition) is 0. The second-order valence-corrected chi connectivity index (χ2v) is 3.81. The Bertz CT molecular complexity index is 290. The molecule has 0 unspecified atom stereocenters. The average Bonchev–Trinajstić information content (AvgIpc) is 2.12. The summed E-state index contributed by atoms with van der Waals surface area (Å²) in [5.74, 6) is 0. The summed E-state index contributed by atoms with van der Waals surface area (Å²) in [4.78, 5) is 3.51. The van der Waals surface area contributed by atoms with Crippen molar-refractivity contribution in [3.05, 3.63) is 6.33 Å². The molecular weight excluding hydrogens is 176 g/mol. The van der Waals surface area contributed by atoms with Crippen molar-refractivity contribution in [2.45, 2.75) is 0 Å². The molecule has 0 aliphatic heterocycles. The summed E-state index contributed by atoms with van der Waals surface area (Å²) in [5.41, 5.74) is 0. The molecule has 0 amide bonds. The summed E-state index contributed by atoms with van der Waals surface area (Å²) in [7, 11) is -3.44. The van der Waals surface area contributed by atoms with Gasteiger partial charge < -0.3 is 4.18 Å². The number of hydrogen-bond acceptors (Lipinski definition) is 6. The van der Waals surface area contributed by atoms with Crippen LogP contribution in [0.4, 0.5) is 0 Å². The van der Waals surface area contributed by atoms with Gasteiger partial charge in [-0.05, 0) is 0 Å². The molecule has 0 spiro atoms. The van der Waals surface area contributed by atoms with Gasteiger partial charge in [0.25, 0.3) is 0 Å². The minimum absolute atomic E-state index is 0.0440. The predicted octanol–water partition coefficient (Wildman–Crippen LogP) is -0.123. The van der Waals surface area contributed by atoms with Crippen LogP contribution in [-0.2, 0) is 10.1 Å². The van der Waals surface area contributed by atoms with Crippen LogP contribution >= 0.6 is 11.5 Å². The third-order valence-corrected chi connectivity index (χ3v) is 1.67. The number of nitrogens with zero attached hydrogens (tertiary/aromatic N) is 2. The highest BCUT2D eigenvalue weighted by Crippen LogP contribution is 2.11. The molecule has 0 aliphatic carbocycles. The Labute approximate surface area is 62.0 Å². The van der Waals surface area contributed by atoms with Gasteiger partial charge >= 0.3 is 15.3 Å². The fourth-order valence-corrected chi connectivity index (χ4v) is 1.40. The van der Waals surface area contributed by atoms with Crippen molar-refractivity contribution in [2.24, 2.45) is 0 Å². The molecule has 0 N–H and O–H groups in total. The molecule has 1 aromatic heterocycles. The van der Waals surface area contributed by atoms with Gasteiger partial charge in [0.05, 0.1) is 6.26 Å². The lowest BCUT2D eigenvalue weighted by molar-refractivity contribution is 0.491. The van der Waals surface area contributed by atoms with E-state index in [9.17, 15) is 8.42 Å². The molecule has 56 valence electrons. The lowest BCUT2D eigenvalue weighted by Crippen LogP contribution is -2.04. The van der Waals surface area contributed by atoms with Crippen molar-refractivity contribution in [1.82, 2.24) is 9.36 Å². The Balaban J connectivity index is 2.75. The maximum Gasteiger partial charge on any atom is 0.310 e. The fraction of sp³-hybridized carbons (Fsp3) is 0.333. The summed E-state index contributed by atoms with van der Waals surface area (Å²) in [6.07, 6.45) is 2.18. The van der Waals surface area contributed by atoms with Crippen molar-refractivity contribution in [3.63, 3.8) is 0 Å².